The Labute approximate surface area is 83.3 Å². The van der Waals surface area contributed by atoms with Crippen molar-refractivity contribution in [2.45, 2.75) is 6.82 Å². The van der Waals surface area contributed by atoms with Crippen LogP contribution in [0.5, 0.6) is 0 Å². The van der Waals surface area contributed by atoms with E-state index in [2.05, 4.69) is 18.8 Å². The lowest BCUT2D eigenvalue weighted by Gasteiger charge is -1.99. The quantitative estimate of drug-likeness (QED) is 0.166. The van der Waals surface area contributed by atoms with Crippen LogP contribution in [0.15, 0.2) is 0 Å². The van der Waals surface area contributed by atoms with Crippen LogP contribution in [-0.4, -0.2) is 38.1 Å². The van der Waals surface area contributed by atoms with E-state index in [1.54, 1.807) is 21.4 Å². The molecule has 0 aliphatic heterocycles. The Bertz CT molecular complexity index is 155. The Kier molecular flexibility index (Phi) is 9.24. The maximum Gasteiger partial charge on any atom is 0.203 e. The van der Waals surface area contributed by atoms with Crippen molar-refractivity contribution in [1.82, 2.24) is 4.90 Å². The highest BCUT2D eigenvalue weighted by Gasteiger charge is 1.86. The SMILES string of the molecule is CBSSCOCC#CN(C)C. The molecule has 5 heteroatoms. The molecule has 0 saturated carbocycles. The molecule has 0 aromatic heterocycles. The van der Waals surface area contributed by atoms with Crippen molar-refractivity contribution in [2.24, 2.45) is 0 Å². The van der Waals surface area contributed by atoms with Crippen molar-refractivity contribution >= 4 is 28.0 Å². The predicted molar refractivity (Wildman–Crippen MR) is 60.5 cm³/mol. The van der Waals surface area contributed by atoms with Crippen molar-refractivity contribution < 1.29 is 4.74 Å². The van der Waals surface area contributed by atoms with Crippen molar-refractivity contribution in [3.05, 3.63) is 0 Å². The monoisotopic (exact) mass is 203 g/mol. The summed E-state index contributed by atoms with van der Waals surface area (Å²) in [5.74, 6) is 3.62. The maximum absolute atomic E-state index is 5.23. The average molecular weight is 203 g/mol. The van der Waals surface area contributed by atoms with Crippen molar-refractivity contribution in [2.75, 3.05) is 26.6 Å². The summed E-state index contributed by atoms with van der Waals surface area (Å²) in [6.45, 7) is 3.77. The first-order chi connectivity index (χ1) is 5.77. The molecule has 0 atom stereocenters. The Morgan fingerprint density at radius 3 is 2.83 bits per heavy atom. The minimum absolute atomic E-state index is 0.523. The summed E-state index contributed by atoms with van der Waals surface area (Å²) in [4.78, 5) is 1.82. The topological polar surface area (TPSA) is 12.5 Å². The Morgan fingerprint density at radius 1 is 1.50 bits per heavy atom. The highest BCUT2D eigenvalue weighted by atomic mass is 33.1. The zero-order chi connectivity index (χ0) is 9.23. The van der Waals surface area contributed by atoms with Crippen LogP contribution in [-0.2, 0) is 4.74 Å². The predicted octanol–water partition coefficient (Wildman–Crippen LogP) is 1.26. The van der Waals surface area contributed by atoms with E-state index in [-0.39, 0.29) is 0 Å². The van der Waals surface area contributed by atoms with Gasteiger partial charge < -0.3 is 9.64 Å². The summed E-state index contributed by atoms with van der Waals surface area (Å²) in [6.07, 6.45) is 0. The van der Waals surface area contributed by atoms with Gasteiger partial charge in [-0.15, -0.1) is 10.6 Å². The van der Waals surface area contributed by atoms with Crippen LogP contribution in [0.3, 0.4) is 0 Å². The molecule has 0 N–H and O–H groups in total. The summed E-state index contributed by atoms with van der Waals surface area (Å²) in [6, 6.07) is 2.88. The Balaban J connectivity index is 3.07. The van der Waals surface area contributed by atoms with Crippen LogP contribution in [0.25, 0.3) is 0 Å². The smallest absolute Gasteiger partial charge is 0.203 e. The fourth-order valence-electron chi connectivity index (χ4n) is 0.434. The van der Waals surface area contributed by atoms with E-state index in [1.807, 2.05) is 19.0 Å². The third kappa shape index (κ3) is 10.1. The lowest BCUT2D eigenvalue weighted by atomic mass is 10.2. The Hall–Kier alpha value is 0.0849. The van der Waals surface area contributed by atoms with Gasteiger partial charge in [-0.2, -0.15) is 0 Å². The third-order valence-electron chi connectivity index (χ3n) is 0.810. The number of ether oxygens (including phenoxy) is 1. The van der Waals surface area contributed by atoms with Crippen LogP contribution in [0.2, 0.25) is 6.82 Å². The molecule has 12 heavy (non-hydrogen) atoms. The van der Waals surface area contributed by atoms with Gasteiger partial charge in [0.25, 0.3) is 0 Å². The van der Waals surface area contributed by atoms with Gasteiger partial charge in [0.15, 0.2) is 0 Å². The van der Waals surface area contributed by atoms with E-state index in [4.69, 9.17) is 4.74 Å². The molecule has 0 unspecified atom stereocenters. The molecule has 0 fully saturated rings. The number of nitrogens with zero attached hydrogens (tertiary/aromatic N) is 1. The van der Waals surface area contributed by atoms with E-state index in [9.17, 15) is 0 Å². The van der Waals surface area contributed by atoms with Crippen molar-refractivity contribution in [3.63, 3.8) is 0 Å². The van der Waals surface area contributed by atoms with E-state index in [0.717, 1.165) is 12.5 Å². The van der Waals surface area contributed by atoms with E-state index >= 15 is 0 Å². The minimum Gasteiger partial charge on any atom is -0.357 e. The summed E-state index contributed by atoms with van der Waals surface area (Å²) in [5, 5.41) is 0. The van der Waals surface area contributed by atoms with Gasteiger partial charge in [-0.1, -0.05) is 23.5 Å². The molecule has 0 heterocycles. The molecule has 0 aliphatic rings. The van der Waals surface area contributed by atoms with Crippen molar-refractivity contribution in [1.29, 1.82) is 0 Å². The second-order valence-corrected chi connectivity index (χ2v) is 4.87. The van der Waals surface area contributed by atoms with Gasteiger partial charge in [0, 0.05) is 20.1 Å². The first-order valence-electron chi connectivity index (χ1n) is 3.75. The number of hydrogen-bond donors (Lipinski definition) is 0. The molecule has 0 aromatic carbocycles. The summed E-state index contributed by atoms with van der Waals surface area (Å²) >= 11 is 0. The molecular weight excluding hydrogens is 189 g/mol. The number of hydrogen-bond acceptors (Lipinski definition) is 4. The summed E-state index contributed by atoms with van der Waals surface area (Å²) in [5.41, 5.74) is 0. The normalized spacial score (nSPS) is 8.58. The molecule has 0 rings (SSSR count). The second kappa shape index (κ2) is 9.18. The molecule has 0 saturated heterocycles. The lowest BCUT2D eigenvalue weighted by Crippen LogP contribution is -2.02. The third-order valence-corrected chi connectivity index (χ3v) is 2.97. The lowest BCUT2D eigenvalue weighted by molar-refractivity contribution is 0.223. The highest BCUT2D eigenvalue weighted by molar-refractivity contribution is 8.85. The zero-order valence-corrected chi connectivity index (χ0v) is 9.43. The Morgan fingerprint density at radius 2 is 2.25 bits per heavy atom. The van der Waals surface area contributed by atoms with Gasteiger partial charge in [-0.25, -0.2) is 0 Å². The molecular formula is C7H14BNOS2. The standard InChI is InChI=1S/C7H14BNOS2/c1-8-12-11-7-10-6-4-5-9(2)3/h8H,6-7H2,1-3H3. The highest BCUT2D eigenvalue weighted by Crippen LogP contribution is 2.18. The van der Waals surface area contributed by atoms with E-state index < -0.39 is 0 Å². The zero-order valence-electron chi connectivity index (χ0n) is 7.79. The molecule has 0 aliphatic carbocycles. The van der Waals surface area contributed by atoms with Gasteiger partial charge in [0.1, 0.15) is 12.5 Å². The van der Waals surface area contributed by atoms with Crippen LogP contribution < -0.4 is 0 Å². The minimum atomic E-state index is 0.523. The molecule has 0 radical (unpaired) electrons. The van der Waals surface area contributed by atoms with Crippen LogP contribution in [0.1, 0.15) is 0 Å². The first kappa shape index (κ1) is 12.1. The van der Waals surface area contributed by atoms with Gasteiger partial charge in [-0.05, 0) is 0 Å². The molecule has 0 aromatic rings. The van der Waals surface area contributed by atoms with E-state index in [0.29, 0.717) is 6.61 Å². The molecule has 0 spiro atoms. The van der Waals surface area contributed by atoms with Crippen molar-refractivity contribution in [3.8, 4) is 12.0 Å². The van der Waals surface area contributed by atoms with Gasteiger partial charge in [0.05, 0.1) is 0 Å². The van der Waals surface area contributed by atoms with Crippen LogP contribution >= 0.6 is 21.4 Å². The number of rotatable bonds is 5. The molecule has 2 nitrogen and oxygen atoms in total. The largest absolute Gasteiger partial charge is 0.357 e. The fraction of sp³-hybridized carbons (Fsp3) is 0.714. The van der Waals surface area contributed by atoms with Gasteiger partial charge in [-0.3, -0.25) is 0 Å². The van der Waals surface area contributed by atoms with Gasteiger partial charge >= 0.3 is 0 Å². The fourth-order valence-corrected chi connectivity index (χ4v) is 1.73. The average Bonchev–Trinajstić information content (AvgIpc) is 2.02. The molecule has 0 amide bonds. The summed E-state index contributed by atoms with van der Waals surface area (Å²) < 4.78 is 5.23. The van der Waals surface area contributed by atoms with E-state index in [1.165, 1.54) is 0 Å². The second-order valence-electron chi connectivity index (χ2n) is 2.17. The molecule has 68 valence electrons. The van der Waals surface area contributed by atoms with Crippen LogP contribution in [0.4, 0.5) is 0 Å². The molecule has 0 bridgehead atoms. The maximum atomic E-state index is 5.23. The first-order valence-corrected chi connectivity index (χ1v) is 6.24. The summed E-state index contributed by atoms with van der Waals surface area (Å²) in [7, 11) is 7.35. The van der Waals surface area contributed by atoms with Gasteiger partial charge in [0.2, 0.25) is 6.56 Å². The van der Waals surface area contributed by atoms with Crippen LogP contribution in [0, 0.1) is 12.0 Å².